The zero-order valence-corrected chi connectivity index (χ0v) is 13.8. The zero-order chi connectivity index (χ0) is 20.8. The van der Waals surface area contributed by atoms with Gasteiger partial charge in [-0.2, -0.15) is 27.1 Å². The van der Waals surface area contributed by atoms with Crippen molar-refractivity contribution in [3.05, 3.63) is 56.1 Å². The lowest BCUT2D eigenvalue weighted by atomic mass is 10.1. The lowest BCUT2D eigenvalue weighted by molar-refractivity contribution is -0.140. The molecule has 2 aromatic heterocycles. The van der Waals surface area contributed by atoms with E-state index in [2.05, 4.69) is 14.8 Å². The molecular weight excluding hydrogens is 398 g/mol. The molecule has 3 aromatic rings. The summed E-state index contributed by atoms with van der Waals surface area (Å²) in [5.41, 5.74) is -4.40. The number of rotatable bonds is 4. The molecule has 0 saturated carbocycles. The normalized spacial score (nSPS) is 13.3. The van der Waals surface area contributed by atoms with Crippen LogP contribution in [0, 0.1) is 5.82 Å². The van der Waals surface area contributed by atoms with E-state index in [1.807, 2.05) is 0 Å². The first-order valence-electron chi connectivity index (χ1n) is 7.55. The molecule has 13 heteroatoms. The smallest absolute Gasteiger partial charge is 0.432 e. The number of nitrogens with zero attached hydrogens (tertiary/aromatic N) is 2. The maximum absolute atomic E-state index is 13.9. The van der Waals surface area contributed by atoms with Crippen LogP contribution in [-0.4, -0.2) is 26.4 Å². The fourth-order valence-corrected chi connectivity index (χ4v) is 2.66. The van der Waals surface area contributed by atoms with Crippen molar-refractivity contribution in [3.63, 3.8) is 0 Å². The maximum Gasteiger partial charge on any atom is 0.436 e. The fourth-order valence-electron chi connectivity index (χ4n) is 2.66. The van der Waals surface area contributed by atoms with Crippen LogP contribution in [0.4, 0.5) is 26.3 Å². The maximum atomic E-state index is 13.9. The summed E-state index contributed by atoms with van der Waals surface area (Å²) in [6.07, 6.45) is -5.01. The fraction of sp³-hybridized carbons (Fsp3) is 0.267. The largest absolute Gasteiger partial charge is 0.436 e. The molecule has 0 radical (unpaired) electrons. The van der Waals surface area contributed by atoms with Gasteiger partial charge < -0.3 is 4.74 Å². The molecule has 28 heavy (non-hydrogen) atoms. The molecule has 0 fully saturated rings. The minimum atomic E-state index is -5.01. The average Bonchev–Trinajstić information content (AvgIpc) is 2.95. The van der Waals surface area contributed by atoms with Crippen molar-refractivity contribution >= 4 is 11.0 Å². The van der Waals surface area contributed by atoms with Crippen LogP contribution in [-0.2, 0) is 6.18 Å². The van der Waals surface area contributed by atoms with Crippen molar-refractivity contribution in [1.82, 2.24) is 19.7 Å². The number of hydrogen-bond acceptors (Lipinski definition) is 4. The van der Waals surface area contributed by atoms with Crippen LogP contribution in [0.5, 0.6) is 5.75 Å². The first kappa shape index (κ1) is 19.5. The zero-order valence-electron chi connectivity index (χ0n) is 13.8. The third-order valence-corrected chi connectivity index (χ3v) is 3.89. The predicted molar refractivity (Wildman–Crippen MR) is 82.8 cm³/mol. The molecule has 7 nitrogen and oxygen atoms in total. The van der Waals surface area contributed by atoms with Crippen LogP contribution in [0.2, 0.25) is 0 Å². The Labute approximate surface area is 150 Å². The van der Waals surface area contributed by atoms with E-state index in [1.165, 1.54) is 6.92 Å². The molecule has 0 bridgehead atoms. The number of fused-ring (bicyclic) bond motifs is 1. The van der Waals surface area contributed by atoms with Crippen molar-refractivity contribution in [2.75, 3.05) is 0 Å². The average molecular weight is 408 g/mol. The standard InChI is InChI=1S/C15H10F6N4O3/c1-5(6-2-3-8(7(16)4-6)28-13(17)18)25-11-9(10(24-25)15(19,20)21)12(26)23-14(27)22-11/h2-5,13H,1H3,(H2,22,23,26,27)/t5-/m1/s1. The highest BCUT2D eigenvalue weighted by atomic mass is 19.4. The predicted octanol–water partition coefficient (Wildman–Crippen LogP) is 2.78. The molecule has 0 spiro atoms. The van der Waals surface area contributed by atoms with E-state index in [-0.39, 0.29) is 5.56 Å². The molecule has 0 amide bonds. The number of alkyl halides is 5. The number of aromatic nitrogens is 4. The Morgan fingerprint density at radius 3 is 2.43 bits per heavy atom. The second-order valence-electron chi connectivity index (χ2n) is 5.67. The van der Waals surface area contributed by atoms with Gasteiger partial charge in [0.05, 0.1) is 6.04 Å². The number of aromatic amines is 2. The van der Waals surface area contributed by atoms with Gasteiger partial charge in [0.2, 0.25) is 0 Å². The van der Waals surface area contributed by atoms with E-state index in [0.717, 1.165) is 18.2 Å². The molecular formula is C15H10F6N4O3. The van der Waals surface area contributed by atoms with Crippen LogP contribution in [0.15, 0.2) is 27.8 Å². The monoisotopic (exact) mass is 408 g/mol. The summed E-state index contributed by atoms with van der Waals surface area (Å²) < 4.78 is 82.8. The summed E-state index contributed by atoms with van der Waals surface area (Å²) in [5, 5.41) is 2.48. The number of ether oxygens (including phenoxy) is 1. The van der Waals surface area contributed by atoms with Crippen LogP contribution in [0.3, 0.4) is 0 Å². The lowest BCUT2D eigenvalue weighted by Gasteiger charge is -2.15. The first-order chi connectivity index (χ1) is 13.0. The minimum Gasteiger partial charge on any atom is -0.432 e. The van der Waals surface area contributed by atoms with Gasteiger partial charge in [0.15, 0.2) is 17.3 Å². The number of nitrogens with one attached hydrogen (secondary N) is 2. The number of hydrogen-bond donors (Lipinski definition) is 2. The Kier molecular flexibility index (Phi) is 4.69. The van der Waals surface area contributed by atoms with Gasteiger partial charge in [-0.1, -0.05) is 6.07 Å². The molecule has 1 aromatic carbocycles. The summed E-state index contributed by atoms with van der Waals surface area (Å²) in [6, 6.07) is 1.68. The van der Waals surface area contributed by atoms with E-state index < -0.39 is 58.4 Å². The van der Waals surface area contributed by atoms with Crippen molar-refractivity contribution < 1.29 is 31.1 Å². The Balaban J connectivity index is 2.17. The molecule has 1 atom stereocenters. The Bertz CT molecular complexity index is 1150. The molecule has 0 aliphatic rings. The van der Waals surface area contributed by atoms with Crippen molar-refractivity contribution in [2.45, 2.75) is 25.8 Å². The van der Waals surface area contributed by atoms with Crippen molar-refractivity contribution in [3.8, 4) is 5.75 Å². The molecule has 3 rings (SSSR count). The Morgan fingerprint density at radius 2 is 1.86 bits per heavy atom. The topological polar surface area (TPSA) is 92.8 Å². The first-order valence-corrected chi connectivity index (χ1v) is 7.55. The number of benzene rings is 1. The van der Waals surface area contributed by atoms with Gasteiger partial charge in [-0.25, -0.2) is 13.9 Å². The second-order valence-corrected chi connectivity index (χ2v) is 5.67. The third-order valence-electron chi connectivity index (χ3n) is 3.89. The highest BCUT2D eigenvalue weighted by Crippen LogP contribution is 2.34. The van der Waals surface area contributed by atoms with Crippen LogP contribution < -0.4 is 16.0 Å². The second kappa shape index (κ2) is 6.73. The van der Waals surface area contributed by atoms with Crippen LogP contribution in [0.25, 0.3) is 11.0 Å². The molecule has 0 unspecified atom stereocenters. The van der Waals surface area contributed by atoms with E-state index in [1.54, 1.807) is 4.98 Å². The van der Waals surface area contributed by atoms with Gasteiger partial charge in [0, 0.05) is 0 Å². The highest BCUT2D eigenvalue weighted by molar-refractivity contribution is 5.77. The van der Waals surface area contributed by atoms with Crippen LogP contribution in [0.1, 0.15) is 24.2 Å². The van der Waals surface area contributed by atoms with Gasteiger partial charge in [0.25, 0.3) is 5.56 Å². The summed E-state index contributed by atoms with van der Waals surface area (Å²) in [6.45, 7) is -1.95. The number of halogens is 6. The summed E-state index contributed by atoms with van der Waals surface area (Å²) in [7, 11) is 0. The third kappa shape index (κ3) is 3.46. The van der Waals surface area contributed by atoms with Gasteiger partial charge in [-0.15, -0.1) is 0 Å². The molecule has 2 heterocycles. The highest BCUT2D eigenvalue weighted by Gasteiger charge is 2.39. The Hall–Kier alpha value is -3.25. The van der Waals surface area contributed by atoms with Gasteiger partial charge in [0.1, 0.15) is 11.0 Å². The molecule has 2 N–H and O–H groups in total. The molecule has 0 aliphatic heterocycles. The summed E-state index contributed by atoms with van der Waals surface area (Å²) >= 11 is 0. The molecule has 0 aliphatic carbocycles. The molecule has 150 valence electrons. The van der Waals surface area contributed by atoms with Gasteiger partial charge in [-0.05, 0) is 24.6 Å². The summed E-state index contributed by atoms with van der Waals surface area (Å²) in [4.78, 5) is 27.1. The van der Waals surface area contributed by atoms with Gasteiger partial charge in [-0.3, -0.25) is 14.8 Å². The minimum absolute atomic E-state index is 0.0263. The van der Waals surface area contributed by atoms with E-state index in [4.69, 9.17) is 0 Å². The quantitative estimate of drug-likeness (QED) is 0.650. The molecule has 0 saturated heterocycles. The number of H-pyrrole nitrogens is 2. The Morgan fingerprint density at radius 1 is 1.18 bits per heavy atom. The van der Waals surface area contributed by atoms with Gasteiger partial charge >= 0.3 is 18.5 Å². The lowest BCUT2D eigenvalue weighted by Crippen LogP contribution is -2.24. The van der Waals surface area contributed by atoms with Crippen molar-refractivity contribution in [2.24, 2.45) is 0 Å². The van der Waals surface area contributed by atoms with E-state index in [0.29, 0.717) is 4.68 Å². The van der Waals surface area contributed by atoms with E-state index in [9.17, 15) is 35.9 Å². The van der Waals surface area contributed by atoms with Crippen LogP contribution >= 0.6 is 0 Å². The summed E-state index contributed by atoms with van der Waals surface area (Å²) in [5.74, 6) is -1.93. The van der Waals surface area contributed by atoms with Crippen molar-refractivity contribution in [1.29, 1.82) is 0 Å². The van der Waals surface area contributed by atoms with E-state index >= 15 is 0 Å². The SMILES string of the molecule is C[C@H](c1ccc(OC(F)F)c(F)c1)n1nc(C(F)(F)F)c2c(=O)[nH]c(=O)[nH]c21.